The summed E-state index contributed by atoms with van der Waals surface area (Å²) in [4.78, 5) is 13.3. The molecule has 0 aliphatic rings. The summed E-state index contributed by atoms with van der Waals surface area (Å²) < 4.78 is 39.0. The number of hydrogen-bond acceptors (Lipinski definition) is 3. The summed E-state index contributed by atoms with van der Waals surface area (Å²) in [6, 6.07) is 5.31. The summed E-state index contributed by atoms with van der Waals surface area (Å²) >= 11 is 0. The molecule has 0 radical (unpaired) electrons. The predicted octanol–water partition coefficient (Wildman–Crippen LogP) is 3.12. The quantitative estimate of drug-likeness (QED) is 0.909. The second-order valence-corrected chi connectivity index (χ2v) is 4.42. The minimum Gasteiger partial charge on any atom is -0.385 e. The molecule has 1 rings (SSSR count). The number of carbonyl (C=O) groups excluding carboxylic acids is 1. The van der Waals surface area contributed by atoms with Gasteiger partial charge < -0.3 is 10.2 Å². The molecule has 1 aromatic carbocycles. The van der Waals surface area contributed by atoms with Crippen molar-refractivity contribution in [2.24, 2.45) is 0 Å². The Morgan fingerprint density at radius 1 is 1.43 bits per heavy atom. The maximum atomic E-state index is 13.0. The van der Waals surface area contributed by atoms with Crippen molar-refractivity contribution in [3.8, 4) is 6.07 Å². The zero-order chi connectivity index (χ0) is 16.0. The number of carbonyl (C=O) groups is 1. The summed E-state index contributed by atoms with van der Waals surface area (Å²) in [5.74, 6) is -0.543. The van der Waals surface area contributed by atoms with Gasteiger partial charge in [0.25, 0.3) is 5.91 Å². The topological polar surface area (TPSA) is 56.1 Å². The van der Waals surface area contributed by atoms with Crippen molar-refractivity contribution < 1.29 is 18.0 Å². The van der Waals surface area contributed by atoms with E-state index in [9.17, 15) is 18.0 Å². The van der Waals surface area contributed by atoms with Gasteiger partial charge in [-0.1, -0.05) is 0 Å². The van der Waals surface area contributed by atoms with E-state index in [1.54, 1.807) is 6.92 Å². The van der Waals surface area contributed by atoms with E-state index in [2.05, 4.69) is 5.32 Å². The third kappa shape index (κ3) is 4.38. The van der Waals surface area contributed by atoms with Gasteiger partial charge in [-0.3, -0.25) is 4.79 Å². The van der Waals surface area contributed by atoms with Crippen LogP contribution in [0.4, 0.5) is 18.9 Å². The van der Waals surface area contributed by atoms with Crippen LogP contribution in [0.1, 0.15) is 29.3 Å². The Morgan fingerprint density at radius 2 is 2.10 bits per heavy atom. The largest absolute Gasteiger partial charge is 0.418 e. The molecule has 0 spiro atoms. The van der Waals surface area contributed by atoms with Gasteiger partial charge in [0.15, 0.2) is 0 Å². The van der Waals surface area contributed by atoms with Crippen LogP contribution in [0.25, 0.3) is 0 Å². The van der Waals surface area contributed by atoms with Gasteiger partial charge in [-0.15, -0.1) is 0 Å². The SMILES string of the molecule is CCNc1ccc(C(=O)N(C)CCC#N)cc1C(F)(F)F. The summed E-state index contributed by atoms with van der Waals surface area (Å²) in [6.07, 6.45) is -4.41. The molecular formula is C14H16F3N3O. The first-order valence-corrected chi connectivity index (χ1v) is 6.38. The van der Waals surface area contributed by atoms with E-state index in [1.807, 2.05) is 6.07 Å². The van der Waals surface area contributed by atoms with Crippen LogP contribution in [0, 0.1) is 11.3 Å². The van der Waals surface area contributed by atoms with Gasteiger partial charge in [-0.2, -0.15) is 18.4 Å². The number of alkyl halides is 3. The Balaban J connectivity index is 3.11. The minimum atomic E-state index is -4.54. The van der Waals surface area contributed by atoms with Gasteiger partial charge in [0.1, 0.15) is 0 Å². The van der Waals surface area contributed by atoms with Gasteiger partial charge in [0.2, 0.25) is 0 Å². The van der Waals surface area contributed by atoms with Crippen molar-refractivity contribution in [2.45, 2.75) is 19.5 Å². The van der Waals surface area contributed by atoms with Crippen LogP contribution in [-0.2, 0) is 6.18 Å². The van der Waals surface area contributed by atoms with Crippen molar-refractivity contribution in [3.63, 3.8) is 0 Å². The molecule has 7 heteroatoms. The number of nitriles is 1. The molecule has 0 saturated heterocycles. The van der Waals surface area contributed by atoms with Crippen LogP contribution in [-0.4, -0.2) is 30.9 Å². The number of amides is 1. The number of nitrogens with one attached hydrogen (secondary N) is 1. The summed E-state index contributed by atoms with van der Waals surface area (Å²) in [5.41, 5.74) is -0.977. The fourth-order valence-corrected chi connectivity index (χ4v) is 1.80. The minimum absolute atomic E-state index is 0.0515. The molecule has 1 N–H and O–H groups in total. The van der Waals surface area contributed by atoms with E-state index in [0.717, 1.165) is 6.07 Å². The molecule has 0 unspecified atom stereocenters. The van der Waals surface area contributed by atoms with Crippen LogP contribution in [0.5, 0.6) is 0 Å². The van der Waals surface area contributed by atoms with Gasteiger partial charge in [-0.25, -0.2) is 0 Å². The Labute approximate surface area is 121 Å². The molecule has 114 valence electrons. The maximum absolute atomic E-state index is 13.0. The smallest absolute Gasteiger partial charge is 0.385 e. The maximum Gasteiger partial charge on any atom is 0.418 e. The molecule has 0 aliphatic heterocycles. The first-order chi connectivity index (χ1) is 9.81. The standard InChI is InChI=1S/C14H16F3N3O/c1-3-19-12-6-5-10(9-11(12)14(15,16)17)13(21)20(2)8-4-7-18/h5-6,9,19H,3-4,8H2,1-2H3. The van der Waals surface area contributed by atoms with Gasteiger partial charge in [-0.05, 0) is 25.1 Å². The van der Waals surface area contributed by atoms with E-state index < -0.39 is 17.6 Å². The van der Waals surface area contributed by atoms with Crippen molar-refractivity contribution in [2.75, 3.05) is 25.5 Å². The van der Waals surface area contributed by atoms with Crippen molar-refractivity contribution in [1.82, 2.24) is 4.90 Å². The zero-order valence-corrected chi connectivity index (χ0v) is 11.8. The number of anilines is 1. The van der Waals surface area contributed by atoms with Gasteiger partial charge in [0, 0.05) is 31.4 Å². The third-order valence-electron chi connectivity index (χ3n) is 2.84. The second-order valence-electron chi connectivity index (χ2n) is 4.42. The Kier molecular flexibility index (Phi) is 5.59. The van der Waals surface area contributed by atoms with Crippen molar-refractivity contribution >= 4 is 11.6 Å². The number of rotatable bonds is 5. The zero-order valence-electron chi connectivity index (χ0n) is 11.8. The third-order valence-corrected chi connectivity index (χ3v) is 2.84. The molecule has 1 amide bonds. The normalized spacial score (nSPS) is 10.9. The summed E-state index contributed by atoms with van der Waals surface area (Å²) in [5, 5.41) is 11.1. The molecule has 1 aromatic rings. The van der Waals surface area contributed by atoms with Crippen LogP contribution < -0.4 is 5.32 Å². The molecule has 0 heterocycles. The first-order valence-electron chi connectivity index (χ1n) is 6.38. The predicted molar refractivity (Wildman–Crippen MR) is 72.8 cm³/mol. The highest BCUT2D eigenvalue weighted by molar-refractivity contribution is 5.94. The lowest BCUT2D eigenvalue weighted by Crippen LogP contribution is -2.28. The van der Waals surface area contributed by atoms with Gasteiger partial charge >= 0.3 is 6.18 Å². The molecule has 21 heavy (non-hydrogen) atoms. The molecule has 4 nitrogen and oxygen atoms in total. The Hall–Kier alpha value is -2.23. The van der Waals surface area contributed by atoms with Crippen LogP contribution >= 0.6 is 0 Å². The number of nitrogens with zero attached hydrogens (tertiary/aromatic N) is 2. The average Bonchev–Trinajstić information content (AvgIpc) is 2.43. The number of halogens is 3. The first kappa shape index (κ1) is 16.8. The molecule has 0 fully saturated rings. The van der Waals surface area contributed by atoms with Crippen molar-refractivity contribution in [3.05, 3.63) is 29.3 Å². The molecule has 0 saturated carbocycles. The second kappa shape index (κ2) is 6.97. The van der Waals surface area contributed by atoms with Crippen LogP contribution in [0.3, 0.4) is 0 Å². The molecule has 0 aliphatic carbocycles. The van der Waals surface area contributed by atoms with E-state index >= 15 is 0 Å². The van der Waals surface area contributed by atoms with E-state index in [4.69, 9.17) is 5.26 Å². The molecular weight excluding hydrogens is 283 g/mol. The van der Waals surface area contributed by atoms with Gasteiger partial charge in [0.05, 0.1) is 18.1 Å². The van der Waals surface area contributed by atoms with E-state index in [1.165, 1.54) is 24.1 Å². The molecule has 0 aromatic heterocycles. The Morgan fingerprint density at radius 3 is 2.62 bits per heavy atom. The highest BCUT2D eigenvalue weighted by Crippen LogP contribution is 2.35. The number of hydrogen-bond donors (Lipinski definition) is 1. The molecule has 0 bridgehead atoms. The Bertz CT molecular complexity index is 549. The number of benzene rings is 1. The average molecular weight is 299 g/mol. The van der Waals surface area contributed by atoms with Crippen LogP contribution in [0.15, 0.2) is 18.2 Å². The van der Waals surface area contributed by atoms with Crippen molar-refractivity contribution in [1.29, 1.82) is 5.26 Å². The summed E-state index contributed by atoms with van der Waals surface area (Å²) in [6.45, 7) is 2.21. The van der Waals surface area contributed by atoms with E-state index in [-0.39, 0.29) is 24.2 Å². The summed E-state index contributed by atoms with van der Waals surface area (Å²) in [7, 11) is 1.45. The lowest BCUT2D eigenvalue weighted by molar-refractivity contribution is -0.137. The fourth-order valence-electron chi connectivity index (χ4n) is 1.80. The lowest BCUT2D eigenvalue weighted by Gasteiger charge is -2.18. The van der Waals surface area contributed by atoms with E-state index in [0.29, 0.717) is 6.54 Å². The highest BCUT2D eigenvalue weighted by atomic mass is 19.4. The lowest BCUT2D eigenvalue weighted by atomic mass is 10.1. The fraction of sp³-hybridized carbons (Fsp3) is 0.429. The highest BCUT2D eigenvalue weighted by Gasteiger charge is 2.34. The monoisotopic (exact) mass is 299 g/mol. The molecule has 0 atom stereocenters. The van der Waals surface area contributed by atoms with Crippen LogP contribution in [0.2, 0.25) is 0 Å².